The number of rotatable bonds is 6. The van der Waals surface area contributed by atoms with Crippen molar-refractivity contribution in [3.8, 4) is 6.07 Å². The molecule has 0 aliphatic carbocycles. The topological polar surface area (TPSA) is 39.1 Å². The lowest BCUT2D eigenvalue weighted by molar-refractivity contribution is 0.286. The Bertz CT molecular complexity index is 355. The monoisotopic (exact) mass is 231 g/mol. The van der Waals surface area contributed by atoms with E-state index in [1.165, 1.54) is 5.56 Å². The molecule has 0 amide bonds. The van der Waals surface area contributed by atoms with Crippen molar-refractivity contribution in [1.82, 2.24) is 10.2 Å². The average Bonchev–Trinajstić information content (AvgIpc) is 2.29. The minimum Gasteiger partial charge on any atom is -0.301 e. The Labute approximate surface area is 104 Å². The van der Waals surface area contributed by atoms with Crippen molar-refractivity contribution in [2.24, 2.45) is 0 Å². The third-order valence-corrected chi connectivity index (χ3v) is 2.61. The second kappa shape index (κ2) is 7.05. The lowest BCUT2D eigenvalue weighted by Gasteiger charge is -2.23. The first-order chi connectivity index (χ1) is 8.11. The number of hydrogen-bond acceptors (Lipinski definition) is 3. The lowest BCUT2D eigenvalue weighted by Crippen LogP contribution is -2.41. The van der Waals surface area contributed by atoms with Gasteiger partial charge in [0.1, 0.15) is 0 Å². The minimum absolute atomic E-state index is 0.0878. The van der Waals surface area contributed by atoms with Crippen LogP contribution in [0.4, 0.5) is 0 Å². The molecule has 0 aliphatic rings. The summed E-state index contributed by atoms with van der Waals surface area (Å²) in [5.41, 5.74) is 1.32. The van der Waals surface area contributed by atoms with Crippen molar-refractivity contribution in [2.45, 2.75) is 32.5 Å². The maximum Gasteiger partial charge on any atom is 0.0926 e. The van der Waals surface area contributed by atoms with Gasteiger partial charge < -0.3 is 4.90 Å². The summed E-state index contributed by atoms with van der Waals surface area (Å²) in [7, 11) is 2.10. The Morgan fingerprint density at radius 3 is 2.53 bits per heavy atom. The number of nitrogens with zero attached hydrogens (tertiary/aromatic N) is 2. The van der Waals surface area contributed by atoms with E-state index in [9.17, 15) is 0 Å². The SMILES string of the molecule is CC(C#N)NC(C)CN(C)Cc1ccccc1. The van der Waals surface area contributed by atoms with Gasteiger partial charge >= 0.3 is 0 Å². The van der Waals surface area contributed by atoms with Crippen LogP contribution >= 0.6 is 0 Å². The van der Waals surface area contributed by atoms with Gasteiger partial charge in [-0.2, -0.15) is 5.26 Å². The van der Waals surface area contributed by atoms with Crippen molar-refractivity contribution in [3.63, 3.8) is 0 Å². The zero-order chi connectivity index (χ0) is 12.7. The molecule has 92 valence electrons. The van der Waals surface area contributed by atoms with Crippen LogP contribution in [-0.4, -0.2) is 30.6 Å². The lowest BCUT2D eigenvalue weighted by atomic mass is 10.2. The molecule has 0 radical (unpaired) electrons. The maximum absolute atomic E-state index is 8.73. The number of benzene rings is 1. The van der Waals surface area contributed by atoms with Gasteiger partial charge in [0.2, 0.25) is 0 Å². The fourth-order valence-corrected chi connectivity index (χ4v) is 1.94. The highest BCUT2D eigenvalue weighted by molar-refractivity contribution is 5.14. The van der Waals surface area contributed by atoms with E-state index in [1.54, 1.807) is 0 Å². The molecule has 3 heteroatoms. The Morgan fingerprint density at radius 1 is 1.29 bits per heavy atom. The summed E-state index contributed by atoms with van der Waals surface area (Å²) < 4.78 is 0. The quantitative estimate of drug-likeness (QED) is 0.814. The van der Waals surface area contributed by atoms with Gasteiger partial charge in [0, 0.05) is 19.1 Å². The van der Waals surface area contributed by atoms with Crippen molar-refractivity contribution >= 4 is 0 Å². The van der Waals surface area contributed by atoms with Gasteiger partial charge in [-0.25, -0.2) is 0 Å². The van der Waals surface area contributed by atoms with E-state index in [4.69, 9.17) is 5.26 Å². The van der Waals surface area contributed by atoms with E-state index in [0.717, 1.165) is 13.1 Å². The van der Waals surface area contributed by atoms with Crippen LogP contribution in [0.15, 0.2) is 30.3 Å². The molecule has 0 saturated carbocycles. The molecular formula is C14H21N3. The first-order valence-corrected chi connectivity index (χ1v) is 6.00. The minimum atomic E-state index is -0.0878. The summed E-state index contributed by atoms with van der Waals surface area (Å²) in [5.74, 6) is 0. The molecule has 1 aromatic rings. The second-order valence-corrected chi connectivity index (χ2v) is 4.60. The number of likely N-dealkylation sites (N-methyl/N-ethyl adjacent to an activating group) is 1. The van der Waals surface area contributed by atoms with Gasteiger partial charge in [0.15, 0.2) is 0 Å². The largest absolute Gasteiger partial charge is 0.301 e. The van der Waals surface area contributed by atoms with Crippen LogP contribution in [0.3, 0.4) is 0 Å². The maximum atomic E-state index is 8.73. The molecule has 1 aromatic carbocycles. The Kier molecular flexibility index (Phi) is 5.68. The van der Waals surface area contributed by atoms with E-state index >= 15 is 0 Å². The third-order valence-electron chi connectivity index (χ3n) is 2.61. The molecule has 2 unspecified atom stereocenters. The zero-order valence-electron chi connectivity index (χ0n) is 10.9. The number of hydrogen-bond donors (Lipinski definition) is 1. The standard InChI is InChI=1S/C14H21N3/c1-12(9-15)16-13(2)10-17(3)11-14-7-5-4-6-8-14/h4-8,12-13,16H,10-11H2,1-3H3. The zero-order valence-corrected chi connectivity index (χ0v) is 10.9. The first kappa shape index (κ1) is 13.7. The van der Waals surface area contributed by atoms with Crippen molar-refractivity contribution < 1.29 is 0 Å². The van der Waals surface area contributed by atoms with Crippen LogP contribution in [0.5, 0.6) is 0 Å². The van der Waals surface area contributed by atoms with Crippen molar-refractivity contribution in [3.05, 3.63) is 35.9 Å². The summed E-state index contributed by atoms with van der Waals surface area (Å²) >= 11 is 0. The summed E-state index contributed by atoms with van der Waals surface area (Å²) in [4.78, 5) is 2.26. The highest BCUT2D eigenvalue weighted by atomic mass is 15.1. The normalized spacial score (nSPS) is 14.3. The summed E-state index contributed by atoms with van der Waals surface area (Å²) in [6.45, 7) is 5.86. The van der Waals surface area contributed by atoms with Crippen molar-refractivity contribution in [1.29, 1.82) is 5.26 Å². The molecular weight excluding hydrogens is 210 g/mol. The predicted molar refractivity (Wildman–Crippen MR) is 70.4 cm³/mol. The second-order valence-electron chi connectivity index (χ2n) is 4.60. The van der Waals surface area contributed by atoms with Crippen LogP contribution < -0.4 is 5.32 Å². The molecule has 0 aliphatic heterocycles. The molecule has 0 heterocycles. The van der Waals surface area contributed by atoms with E-state index < -0.39 is 0 Å². The van der Waals surface area contributed by atoms with Crippen LogP contribution in [0, 0.1) is 11.3 Å². The predicted octanol–water partition coefficient (Wildman–Crippen LogP) is 2.01. The van der Waals surface area contributed by atoms with Crippen LogP contribution in [0.25, 0.3) is 0 Å². The van der Waals surface area contributed by atoms with E-state index in [1.807, 2.05) is 13.0 Å². The molecule has 0 bridgehead atoms. The molecule has 0 spiro atoms. The highest BCUT2D eigenvalue weighted by Gasteiger charge is 2.09. The van der Waals surface area contributed by atoms with Gasteiger partial charge in [0.25, 0.3) is 0 Å². The number of nitrogens with one attached hydrogen (secondary N) is 1. The fourth-order valence-electron chi connectivity index (χ4n) is 1.94. The van der Waals surface area contributed by atoms with E-state index in [-0.39, 0.29) is 6.04 Å². The van der Waals surface area contributed by atoms with Crippen LogP contribution in [-0.2, 0) is 6.54 Å². The van der Waals surface area contributed by atoms with E-state index in [0.29, 0.717) is 6.04 Å². The Balaban J connectivity index is 2.35. The molecule has 1 rings (SSSR count). The van der Waals surface area contributed by atoms with E-state index in [2.05, 4.69) is 54.5 Å². The average molecular weight is 231 g/mol. The molecule has 0 aromatic heterocycles. The van der Waals surface area contributed by atoms with Crippen LogP contribution in [0.1, 0.15) is 19.4 Å². The smallest absolute Gasteiger partial charge is 0.0926 e. The fraction of sp³-hybridized carbons (Fsp3) is 0.500. The van der Waals surface area contributed by atoms with Gasteiger partial charge in [-0.3, -0.25) is 5.32 Å². The Hall–Kier alpha value is -1.37. The summed E-state index contributed by atoms with van der Waals surface area (Å²) in [6, 6.07) is 12.8. The first-order valence-electron chi connectivity index (χ1n) is 6.00. The molecule has 3 nitrogen and oxygen atoms in total. The molecule has 17 heavy (non-hydrogen) atoms. The molecule has 0 fully saturated rings. The van der Waals surface area contributed by atoms with Gasteiger partial charge in [0.05, 0.1) is 12.1 Å². The molecule has 2 atom stereocenters. The highest BCUT2D eigenvalue weighted by Crippen LogP contribution is 2.03. The van der Waals surface area contributed by atoms with Gasteiger partial charge in [-0.1, -0.05) is 30.3 Å². The van der Waals surface area contributed by atoms with Crippen molar-refractivity contribution in [2.75, 3.05) is 13.6 Å². The summed E-state index contributed by atoms with van der Waals surface area (Å²) in [5, 5.41) is 12.0. The Morgan fingerprint density at radius 2 is 1.94 bits per heavy atom. The van der Waals surface area contributed by atoms with Crippen LogP contribution in [0.2, 0.25) is 0 Å². The van der Waals surface area contributed by atoms with Gasteiger partial charge in [-0.15, -0.1) is 0 Å². The molecule has 0 saturated heterocycles. The molecule has 1 N–H and O–H groups in total. The van der Waals surface area contributed by atoms with Gasteiger partial charge in [-0.05, 0) is 26.5 Å². The number of nitriles is 1. The summed E-state index contributed by atoms with van der Waals surface area (Å²) in [6.07, 6.45) is 0. The third kappa shape index (κ3) is 5.48.